The Morgan fingerprint density at radius 3 is 2.34 bits per heavy atom. The van der Waals surface area contributed by atoms with Gasteiger partial charge in [0.2, 0.25) is 0 Å². The Bertz CT molecular complexity index is 1430. The molecule has 0 atom stereocenters. The molecule has 4 aromatic rings. The number of methoxy groups -OCH3 is 1. The van der Waals surface area contributed by atoms with Gasteiger partial charge in [0.05, 0.1) is 29.3 Å². The highest BCUT2D eigenvalue weighted by molar-refractivity contribution is 5.91. The standard InChI is InChI=1S/C27H25N3O5/c1-18-28-24-7-5-4-6-23(24)26(32)30(18)21-12-10-20(11-13-21)27(33)35-17-25(31)29(2)16-19-8-14-22(34-3)15-9-19/h4-15H,16-17H2,1-3H3. The van der Waals surface area contributed by atoms with Crippen LogP contribution in [0.25, 0.3) is 16.6 Å². The molecule has 0 N–H and O–H groups in total. The summed E-state index contributed by atoms with van der Waals surface area (Å²) in [6, 6.07) is 21.0. The van der Waals surface area contributed by atoms with Gasteiger partial charge in [0.25, 0.3) is 11.5 Å². The van der Waals surface area contributed by atoms with Gasteiger partial charge in [-0.3, -0.25) is 14.2 Å². The number of ether oxygens (including phenoxy) is 2. The Kier molecular flexibility index (Phi) is 6.91. The van der Waals surface area contributed by atoms with E-state index in [2.05, 4.69) is 4.98 Å². The lowest BCUT2D eigenvalue weighted by Gasteiger charge is -2.17. The minimum atomic E-state index is -0.622. The maximum Gasteiger partial charge on any atom is 0.338 e. The van der Waals surface area contributed by atoms with E-state index < -0.39 is 5.97 Å². The lowest BCUT2D eigenvalue weighted by atomic mass is 10.2. The molecular weight excluding hydrogens is 446 g/mol. The lowest BCUT2D eigenvalue weighted by Crippen LogP contribution is -2.30. The molecule has 0 saturated heterocycles. The van der Waals surface area contributed by atoms with Crippen molar-refractivity contribution < 1.29 is 19.1 Å². The first-order valence-corrected chi connectivity index (χ1v) is 11.0. The Labute approximate surface area is 202 Å². The number of hydrogen-bond acceptors (Lipinski definition) is 6. The first-order chi connectivity index (χ1) is 16.9. The third-order valence-corrected chi connectivity index (χ3v) is 5.64. The van der Waals surface area contributed by atoms with Crippen LogP contribution in [0.2, 0.25) is 0 Å². The van der Waals surface area contributed by atoms with Crippen LogP contribution in [0, 0.1) is 6.92 Å². The molecule has 0 spiro atoms. The zero-order chi connectivity index (χ0) is 24.9. The minimum absolute atomic E-state index is 0.186. The van der Waals surface area contributed by atoms with Gasteiger partial charge in [0.1, 0.15) is 11.6 Å². The van der Waals surface area contributed by atoms with Crippen LogP contribution in [0.15, 0.2) is 77.6 Å². The topological polar surface area (TPSA) is 90.7 Å². The van der Waals surface area contributed by atoms with Crippen LogP contribution in [0.4, 0.5) is 0 Å². The van der Waals surface area contributed by atoms with Gasteiger partial charge in [0.15, 0.2) is 6.61 Å². The van der Waals surface area contributed by atoms with Crippen molar-refractivity contribution in [1.29, 1.82) is 0 Å². The second-order valence-corrected chi connectivity index (χ2v) is 8.04. The number of likely N-dealkylation sites (N-methyl/N-ethyl adjacent to an activating group) is 1. The Morgan fingerprint density at radius 2 is 1.66 bits per heavy atom. The molecule has 35 heavy (non-hydrogen) atoms. The van der Waals surface area contributed by atoms with Crippen molar-refractivity contribution >= 4 is 22.8 Å². The van der Waals surface area contributed by atoms with Gasteiger partial charge in [-0.25, -0.2) is 9.78 Å². The monoisotopic (exact) mass is 471 g/mol. The summed E-state index contributed by atoms with van der Waals surface area (Å²) in [4.78, 5) is 43.8. The molecular formula is C27H25N3O5. The molecule has 8 nitrogen and oxygen atoms in total. The Balaban J connectivity index is 1.40. The molecule has 1 aromatic heterocycles. The predicted octanol–water partition coefficient (Wildman–Crippen LogP) is 3.52. The number of rotatable bonds is 7. The SMILES string of the molecule is COc1ccc(CN(C)C(=O)COC(=O)c2ccc(-n3c(C)nc4ccccc4c3=O)cc2)cc1. The number of fused-ring (bicyclic) bond motifs is 1. The van der Waals surface area contributed by atoms with Gasteiger partial charge in [-0.05, 0) is 61.0 Å². The Morgan fingerprint density at radius 1 is 0.971 bits per heavy atom. The molecule has 178 valence electrons. The maximum absolute atomic E-state index is 13.0. The fourth-order valence-corrected chi connectivity index (χ4v) is 3.71. The molecule has 0 radical (unpaired) electrons. The summed E-state index contributed by atoms with van der Waals surface area (Å²) in [7, 11) is 3.24. The Hall–Kier alpha value is -4.46. The van der Waals surface area contributed by atoms with E-state index in [1.54, 1.807) is 63.5 Å². The molecule has 1 heterocycles. The highest BCUT2D eigenvalue weighted by Gasteiger charge is 2.15. The van der Waals surface area contributed by atoms with Gasteiger partial charge in [-0.1, -0.05) is 24.3 Å². The van der Waals surface area contributed by atoms with E-state index in [0.29, 0.717) is 29.0 Å². The van der Waals surface area contributed by atoms with Gasteiger partial charge >= 0.3 is 5.97 Å². The zero-order valence-electron chi connectivity index (χ0n) is 19.7. The molecule has 0 fully saturated rings. The largest absolute Gasteiger partial charge is 0.497 e. The van der Waals surface area contributed by atoms with E-state index in [1.807, 2.05) is 30.3 Å². The molecule has 0 aliphatic carbocycles. The smallest absolute Gasteiger partial charge is 0.338 e. The van der Waals surface area contributed by atoms with Crippen molar-refractivity contribution in [1.82, 2.24) is 14.5 Å². The molecule has 0 saturated carbocycles. The average molecular weight is 472 g/mol. The number of carbonyl (C=O) groups excluding carboxylic acids is 2. The number of carbonyl (C=O) groups is 2. The second-order valence-electron chi connectivity index (χ2n) is 8.04. The summed E-state index contributed by atoms with van der Waals surface area (Å²) in [6.07, 6.45) is 0. The van der Waals surface area contributed by atoms with Crippen molar-refractivity contribution in [2.24, 2.45) is 0 Å². The van der Waals surface area contributed by atoms with E-state index in [1.165, 1.54) is 9.47 Å². The van der Waals surface area contributed by atoms with E-state index in [4.69, 9.17) is 9.47 Å². The number of benzene rings is 3. The molecule has 3 aromatic carbocycles. The van der Waals surface area contributed by atoms with Crippen molar-refractivity contribution in [3.8, 4) is 11.4 Å². The predicted molar refractivity (Wildman–Crippen MR) is 132 cm³/mol. The van der Waals surface area contributed by atoms with Crippen LogP contribution in [0.5, 0.6) is 5.75 Å². The minimum Gasteiger partial charge on any atom is -0.497 e. The van der Waals surface area contributed by atoms with Gasteiger partial charge in [-0.2, -0.15) is 0 Å². The molecule has 4 rings (SSSR count). The van der Waals surface area contributed by atoms with Crippen LogP contribution >= 0.6 is 0 Å². The van der Waals surface area contributed by atoms with E-state index in [0.717, 1.165) is 11.3 Å². The van der Waals surface area contributed by atoms with Crippen LogP contribution in [-0.2, 0) is 16.1 Å². The highest BCUT2D eigenvalue weighted by atomic mass is 16.5. The first kappa shape index (κ1) is 23.7. The van der Waals surface area contributed by atoms with Gasteiger partial charge in [-0.15, -0.1) is 0 Å². The van der Waals surface area contributed by atoms with E-state index >= 15 is 0 Å². The summed E-state index contributed by atoms with van der Waals surface area (Å²) in [5.41, 5.74) is 2.23. The lowest BCUT2D eigenvalue weighted by molar-refractivity contribution is -0.133. The van der Waals surface area contributed by atoms with E-state index in [9.17, 15) is 14.4 Å². The van der Waals surface area contributed by atoms with Gasteiger partial charge in [0, 0.05) is 13.6 Å². The number of amides is 1. The normalized spacial score (nSPS) is 10.7. The van der Waals surface area contributed by atoms with Crippen molar-refractivity contribution in [2.75, 3.05) is 20.8 Å². The molecule has 0 unspecified atom stereocenters. The highest BCUT2D eigenvalue weighted by Crippen LogP contribution is 2.15. The van der Waals surface area contributed by atoms with E-state index in [-0.39, 0.29) is 23.6 Å². The zero-order valence-corrected chi connectivity index (χ0v) is 19.7. The van der Waals surface area contributed by atoms with Crippen LogP contribution < -0.4 is 10.3 Å². The number of esters is 1. The molecule has 1 amide bonds. The summed E-state index contributed by atoms with van der Waals surface area (Å²) in [5.74, 6) is 0.327. The third-order valence-electron chi connectivity index (χ3n) is 5.64. The number of aromatic nitrogens is 2. The number of para-hydroxylation sites is 1. The van der Waals surface area contributed by atoms with Crippen molar-refractivity contribution in [3.05, 3.63) is 100 Å². The fraction of sp³-hybridized carbons (Fsp3) is 0.185. The van der Waals surface area contributed by atoms with Crippen LogP contribution in [-0.4, -0.2) is 47.1 Å². The summed E-state index contributed by atoms with van der Waals surface area (Å²) in [6.45, 7) is 1.76. The quantitative estimate of drug-likeness (QED) is 0.383. The molecule has 0 aliphatic heterocycles. The summed E-state index contributed by atoms with van der Waals surface area (Å²) >= 11 is 0. The maximum atomic E-state index is 13.0. The average Bonchev–Trinajstić information content (AvgIpc) is 2.88. The van der Waals surface area contributed by atoms with Gasteiger partial charge < -0.3 is 14.4 Å². The second kappa shape index (κ2) is 10.2. The number of nitrogens with zero attached hydrogens (tertiary/aromatic N) is 3. The number of aryl methyl sites for hydroxylation is 1. The molecule has 0 aliphatic rings. The summed E-state index contributed by atoms with van der Waals surface area (Å²) < 4.78 is 11.8. The first-order valence-electron chi connectivity index (χ1n) is 11.0. The molecule has 0 bridgehead atoms. The van der Waals surface area contributed by atoms with Crippen molar-refractivity contribution in [2.45, 2.75) is 13.5 Å². The fourth-order valence-electron chi connectivity index (χ4n) is 3.71. The third kappa shape index (κ3) is 5.22. The molecule has 8 heteroatoms. The van der Waals surface area contributed by atoms with Crippen LogP contribution in [0.3, 0.4) is 0 Å². The van der Waals surface area contributed by atoms with Crippen molar-refractivity contribution in [3.63, 3.8) is 0 Å². The van der Waals surface area contributed by atoms with Crippen LogP contribution in [0.1, 0.15) is 21.7 Å². The number of hydrogen-bond donors (Lipinski definition) is 0. The summed E-state index contributed by atoms with van der Waals surface area (Å²) in [5, 5.41) is 0.513.